The first-order valence-corrected chi connectivity index (χ1v) is 5.59. The molecule has 1 aliphatic heterocycles. The summed E-state index contributed by atoms with van der Waals surface area (Å²) in [5, 5.41) is 23.1. The van der Waals surface area contributed by atoms with E-state index in [-0.39, 0.29) is 12.5 Å². The summed E-state index contributed by atoms with van der Waals surface area (Å²) >= 11 is 0. The summed E-state index contributed by atoms with van der Waals surface area (Å²) in [5.41, 5.74) is 2.70. The second kappa shape index (κ2) is 5.16. The Balaban J connectivity index is 1.99. The van der Waals surface area contributed by atoms with Gasteiger partial charge in [-0.25, -0.2) is 4.79 Å². The van der Waals surface area contributed by atoms with Gasteiger partial charge in [-0.2, -0.15) is 0 Å². The Bertz CT molecular complexity index is 487. The molecule has 6 heteroatoms. The van der Waals surface area contributed by atoms with Gasteiger partial charge in [0.1, 0.15) is 0 Å². The molecule has 1 atom stereocenters. The van der Waals surface area contributed by atoms with Gasteiger partial charge in [-0.1, -0.05) is 6.07 Å². The van der Waals surface area contributed by atoms with Crippen LogP contribution in [0.4, 0.5) is 0 Å². The molecule has 96 valence electrons. The molecule has 6 nitrogen and oxygen atoms in total. The van der Waals surface area contributed by atoms with Crippen LogP contribution in [0.1, 0.15) is 21.5 Å². The highest BCUT2D eigenvalue weighted by Gasteiger charge is 2.16. The Morgan fingerprint density at radius 1 is 1.33 bits per heavy atom. The van der Waals surface area contributed by atoms with Crippen LogP contribution in [0.3, 0.4) is 0 Å². The number of aliphatic carboxylic acids is 1. The van der Waals surface area contributed by atoms with Gasteiger partial charge in [0.15, 0.2) is 6.10 Å². The number of amides is 1. The molecule has 0 spiro atoms. The van der Waals surface area contributed by atoms with Crippen LogP contribution in [0.15, 0.2) is 18.2 Å². The van der Waals surface area contributed by atoms with Crippen LogP contribution < -0.4 is 10.6 Å². The zero-order valence-electron chi connectivity index (χ0n) is 9.64. The Morgan fingerprint density at radius 3 is 2.78 bits per heavy atom. The van der Waals surface area contributed by atoms with Crippen molar-refractivity contribution in [3.05, 3.63) is 34.9 Å². The predicted octanol–water partition coefficient (Wildman–Crippen LogP) is -0.535. The van der Waals surface area contributed by atoms with E-state index < -0.39 is 12.1 Å². The number of carboxylic acids is 1. The maximum atomic E-state index is 11.7. The summed E-state index contributed by atoms with van der Waals surface area (Å²) in [6.45, 7) is 1.23. The van der Waals surface area contributed by atoms with Crippen molar-refractivity contribution >= 4 is 11.9 Å². The van der Waals surface area contributed by atoms with Crippen molar-refractivity contribution in [2.75, 3.05) is 6.54 Å². The van der Waals surface area contributed by atoms with E-state index in [1.165, 1.54) is 0 Å². The van der Waals surface area contributed by atoms with Gasteiger partial charge in [0.25, 0.3) is 5.91 Å². The first kappa shape index (κ1) is 12.5. The van der Waals surface area contributed by atoms with Gasteiger partial charge < -0.3 is 20.8 Å². The summed E-state index contributed by atoms with van der Waals surface area (Å²) in [7, 11) is 0. The van der Waals surface area contributed by atoms with E-state index in [4.69, 9.17) is 10.2 Å². The molecule has 1 amide bonds. The van der Waals surface area contributed by atoms with Crippen LogP contribution in [-0.4, -0.2) is 34.7 Å². The van der Waals surface area contributed by atoms with Crippen molar-refractivity contribution < 1.29 is 19.8 Å². The van der Waals surface area contributed by atoms with Gasteiger partial charge in [-0.05, 0) is 23.3 Å². The molecule has 0 saturated heterocycles. The number of hydrogen-bond donors (Lipinski definition) is 4. The zero-order valence-corrected chi connectivity index (χ0v) is 9.64. The van der Waals surface area contributed by atoms with Crippen molar-refractivity contribution in [1.29, 1.82) is 0 Å². The average molecular weight is 250 g/mol. The van der Waals surface area contributed by atoms with Crippen LogP contribution >= 0.6 is 0 Å². The van der Waals surface area contributed by atoms with E-state index >= 15 is 0 Å². The lowest BCUT2D eigenvalue weighted by atomic mass is 10.1. The molecule has 0 aliphatic carbocycles. The van der Waals surface area contributed by atoms with Crippen LogP contribution in [0, 0.1) is 0 Å². The molecule has 0 aromatic heterocycles. The molecule has 2 rings (SSSR count). The highest BCUT2D eigenvalue weighted by Crippen LogP contribution is 2.16. The normalized spacial score (nSPS) is 14.9. The molecule has 1 aliphatic rings. The first-order valence-electron chi connectivity index (χ1n) is 5.59. The predicted molar refractivity (Wildman–Crippen MR) is 63.0 cm³/mol. The summed E-state index contributed by atoms with van der Waals surface area (Å²) in [5.74, 6) is -1.74. The number of aliphatic hydroxyl groups is 1. The Labute approximate surface area is 104 Å². The molecule has 0 saturated carbocycles. The number of nitrogens with one attached hydrogen (secondary N) is 2. The number of carbonyl (C=O) groups is 2. The number of benzene rings is 1. The largest absolute Gasteiger partial charge is 0.479 e. The first-order chi connectivity index (χ1) is 8.58. The highest BCUT2D eigenvalue weighted by atomic mass is 16.4. The van der Waals surface area contributed by atoms with Gasteiger partial charge >= 0.3 is 5.97 Å². The summed E-state index contributed by atoms with van der Waals surface area (Å²) in [6.07, 6.45) is -1.58. The minimum absolute atomic E-state index is 0.302. The van der Waals surface area contributed by atoms with Crippen molar-refractivity contribution in [2.24, 2.45) is 0 Å². The Hall–Kier alpha value is -1.92. The molecule has 4 N–H and O–H groups in total. The SMILES string of the molecule is O=C(NCC(O)C(=O)O)c1ccc2c(c1)CNC2. The quantitative estimate of drug-likeness (QED) is 0.575. The van der Waals surface area contributed by atoms with E-state index in [9.17, 15) is 9.59 Å². The highest BCUT2D eigenvalue weighted by molar-refractivity contribution is 5.94. The number of hydrogen-bond acceptors (Lipinski definition) is 4. The number of rotatable bonds is 4. The Morgan fingerprint density at radius 2 is 2.06 bits per heavy atom. The molecule has 1 aromatic carbocycles. The third kappa shape index (κ3) is 2.66. The van der Waals surface area contributed by atoms with Gasteiger partial charge in [-0.3, -0.25) is 4.79 Å². The van der Waals surface area contributed by atoms with E-state index in [0.717, 1.165) is 24.2 Å². The van der Waals surface area contributed by atoms with Gasteiger partial charge in [-0.15, -0.1) is 0 Å². The van der Waals surface area contributed by atoms with E-state index in [2.05, 4.69) is 10.6 Å². The molecule has 0 fully saturated rings. The average Bonchev–Trinajstić information content (AvgIpc) is 2.82. The topological polar surface area (TPSA) is 98.7 Å². The molecular weight excluding hydrogens is 236 g/mol. The third-order valence-electron chi connectivity index (χ3n) is 2.84. The number of carboxylic acid groups (broad SMARTS) is 1. The molecule has 1 unspecified atom stereocenters. The number of aliphatic hydroxyl groups excluding tert-OH is 1. The molecule has 1 heterocycles. The lowest BCUT2D eigenvalue weighted by Gasteiger charge is -2.08. The van der Waals surface area contributed by atoms with Gasteiger partial charge in [0.2, 0.25) is 0 Å². The molecular formula is C12H14N2O4. The zero-order chi connectivity index (χ0) is 13.1. The van der Waals surface area contributed by atoms with Crippen LogP contribution in [0.2, 0.25) is 0 Å². The van der Waals surface area contributed by atoms with Gasteiger partial charge in [0.05, 0.1) is 6.54 Å². The van der Waals surface area contributed by atoms with Crippen molar-refractivity contribution in [2.45, 2.75) is 19.2 Å². The minimum atomic E-state index is -1.58. The molecule has 0 radical (unpaired) electrons. The number of fused-ring (bicyclic) bond motifs is 1. The van der Waals surface area contributed by atoms with Crippen LogP contribution in [0.25, 0.3) is 0 Å². The molecule has 0 bridgehead atoms. The monoisotopic (exact) mass is 250 g/mol. The maximum Gasteiger partial charge on any atom is 0.334 e. The summed E-state index contributed by atoms with van der Waals surface area (Å²) in [6, 6.07) is 5.34. The fraction of sp³-hybridized carbons (Fsp3) is 0.333. The van der Waals surface area contributed by atoms with Crippen LogP contribution in [0.5, 0.6) is 0 Å². The summed E-state index contributed by atoms with van der Waals surface area (Å²) < 4.78 is 0. The fourth-order valence-corrected chi connectivity index (χ4v) is 1.81. The van der Waals surface area contributed by atoms with Crippen molar-refractivity contribution in [3.8, 4) is 0 Å². The molecule has 1 aromatic rings. The molecule has 18 heavy (non-hydrogen) atoms. The maximum absolute atomic E-state index is 11.7. The van der Waals surface area contributed by atoms with Crippen molar-refractivity contribution in [3.63, 3.8) is 0 Å². The lowest BCUT2D eigenvalue weighted by Crippen LogP contribution is -2.36. The smallest absolute Gasteiger partial charge is 0.334 e. The van der Waals surface area contributed by atoms with E-state index in [1.54, 1.807) is 12.1 Å². The fourth-order valence-electron chi connectivity index (χ4n) is 1.81. The van der Waals surface area contributed by atoms with Gasteiger partial charge in [0, 0.05) is 18.7 Å². The van der Waals surface area contributed by atoms with Crippen molar-refractivity contribution in [1.82, 2.24) is 10.6 Å². The standard InChI is InChI=1S/C12H14N2O4/c15-10(12(17)18)6-14-11(16)7-1-2-8-4-13-5-9(8)3-7/h1-3,10,13,15H,4-6H2,(H,14,16)(H,17,18). The summed E-state index contributed by atoms with van der Waals surface area (Å²) in [4.78, 5) is 22.1. The second-order valence-electron chi connectivity index (χ2n) is 4.15. The lowest BCUT2D eigenvalue weighted by molar-refractivity contribution is -0.146. The second-order valence-corrected chi connectivity index (χ2v) is 4.15. The van der Waals surface area contributed by atoms with E-state index in [1.807, 2.05) is 6.07 Å². The third-order valence-corrected chi connectivity index (χ3v) is 2.84. The Kier molecular flexibility index (Phi) is 3.59. The number of carbonyl (C=O) groups excluding carboxylic acids is 1. The van der Waals surface area contributed by atoms with E-state index in [0.29, 0.717) is 5.56 Å². The van der Waals surface area contributed by atoms with Crippen LogP contribution in [-0.2, 0) is 17.9 Å². The minimum Gasteiger partial charge on any atom is -0.479 e.